The van der Waals surface area contributed by atoms with E-state index in [2.05, 4.69) is 5.32 Å². The first-order valence-electron chi connectivity index (χ1n) is 8.04. The summed E-state index contributed by atoms with van der Waals surface area (Å²) < 4.78 is 5.32. The summed E-state index contributed by atoms with van der Waals surface area (Å²) >= 11 is 0. The molecule has 0 saturated carbocycles. The Bertz CT molecular complexity index is 710. The zero-order valence-corrected chi connectivity index (χ0v) is 13.7. The lowest BCUT2D eigenvalue weighted by Crippen LogP contribution is -2.36. The molecule has 3 rings (SSSR count). The van der Waals surface area contributed by atoms with Gasteiger partial charge in [-0.3, -0.25) is 10.1 Å². The predicted octanol–water partition coefficient (Wildman–Crippen LogP) is 3.35. The van der Waals surface area contributed by atoms with Crippen molar-refractivity contribution in [1.29, 1.82) is 0 Å². The molecule has 1 heterocycles. The third-order valence-electron chi connectivity index (χ3n) is 4.14. The summed E-state index contributed by atoms with van der Waals surface area (Å²) in [6.45, 7) is 5.16. The summed E-state index contributed by atoms with van der Waals surface area (Å²) in [7, 11) is 0. The molecule has 0 amide bonds. The van der Waals surface area contributed by atoms with Crippen LogP contribution >= 0.6 is 0 Å². The predicted molar refractivity (Wildman–Crippen MR) is 94.6 cm³/mol. The van der Waals surface area contributed by atoms with E-state index in [1.807, 2.05) is 48.2 Å². The van der Waals surface area contributed by atoms with E-state index in [1.54, 1.807) is 6.07 Å². The first-order valence-corrected chi connectivity index (χ1v) is 8.04. The van der Waals surface area contributed by atoms with Crippen molar-refractivity contribution >= 4 is 17.1 Å². The van der Waals surface area contributed by atoms with Crippen LogP contribution in [0.1, 0.15) is 11.1 Å². The van der Waals surface area contributed by atoms with Crippen LogP contribution in [0.25, 0.3) is 0 Å². The van der Waals surface area contributed by atoms with E-state index in [0.29, 0.717) is 38.5 Å². The molecule has 0 aromatic heterocycles. The molecule has 6 heteroatoms. The summed E-state index contributed by atoms with van der Waals surface area (Å²) in [5.74, 6) is 0. The number of nitrogens with zero attached hydrogens (tertiary/aromatic N) is 2. The van der Waals surface area contributed by atoms with Gasteiger partial charge in [0, 0.05) is 31.4 Å². The van der Waals surface area contributed by atoms with Gasteiger partial charge < -0.3 is 15.0 Å². The van der Waals surface area contributed by atoms with Gasteiger partial charge in [-0.15, -0.1) is 0 Å². The average Bonchev–Trinajstić information content (AvgIpc) is 2.62. The second-order valence-corrected chi connectivity index (χ2v) is 5.90. The first-order chi connectivity index (χ1) is 11.6. The minimum Gasteiger partial charge on any atom is -0.381 e. The number of morpholine rings is 1. The molecule has 0 unspecified atom stereocenters. The van der Waals surface area contributed by atoms with Crippen molar-refractivity contribution in [3.05, 3.63) is 63.7 Å². The number of rotatable bonds is 5. The maximum atomic E-state index is 11.5. The van der Waals surface area contributed by atoms with Gasteiger partial charge in [0.25, 0.3) is 5.69 Å². The highest BCUT2D eigenvalue weighted by Gasteiger charge is 2.21. The van der Waals surface area contributed by atoms with Crippen LogP contribution in [0.5, 0.6) is 0 Å². The Morgan fingerprint density at radius 2 is 1.88 bits per heavy atom. The zero-order chi connectivity index (χ0) is 16.9. The molecule has 0 atom stereocenters. The highest BCUT2D eigenvalue weighted by molar-refractivity contribution is 5.65. The Kier molecular flexibility index (Phi) is 4.96. The molecular formula is C18H21N3O3. The van der Waals surface area contributed by atoms with Crippen LogP contribution in [0, 0.1) is 17.0 Å². The Labute approximate surface area is 141 Å². The lowest BCUT2D eigenvalue weighted by molar-refractivity contribution is -0.384. The summed E-state index contributed by atoms with van der Waals surface area (Å²) in [6, 6.07) is 13.5. The van der Waals surface area contributed by atoms with Crippen molar-refractivity contribution in [3.8, 4) is 0 Å². The number of hydrogen-bond acceptors (Lipinski definition) is 5. The van der Waals surface area contributed by atoms with Crippen LogP contribution in [0.3, 0.4) is 0 Å². The number of anilines is 2. The Morgan fingerprint density at radius 3 is 2.54 bits per heavy atom. The molecule has 0 bridgehead atoms. The van der Waals surface area contributed by atoms with Crippen molar-refractivity contribution in [2.45, 2.75) is 13.5 Å². The normalized spacial score (nSPS) is 14.5. The first kappa shape index (κ1) is 16.3. The summed E-state index contributed by atoms with van der Waals surface area (Å²) in [6.07, 6.45) is 0. The third kappa shape index (κ3) is 3.83. The highest BCUT2D eigenvalue weighted by atomic mass is 16.6. The van der Waals surface area contributed by atoms with Gasteiger partial charge in [0.15, 0.2) is 0 Å². The maximum absolute atomic E-state index is 11.5. The molecule has 0 spiro atoms. The van der Waals surface area contributed by atoms with Gasteiger partial charge in [-0.05, 0) is 30.7 Å². The monoisotopic (exact) mass is 327 g/mol. The Morgan fingerprint density at radius 1 is 1.17 bits per heavy atom. The van der Waals surface area contributed by atoms with Crippen LogP contribution in [-0.2, 0) is 11.3 Å². The van der Waals surface area contributed by atoms with Gasteiger partial charge in [0.1, 0.15) is 5.69 Å². The van der Waals surface area contributed by atoms with E-state index in [0.717, 1.165) is 11.3 Å². The van der Waals surface area contributed by atoms with Crippen LogP contribution in [0.4, 0.5) is 17.1 Å². The topological polar surface area (TPSA) is 67.6 Å². The number of hydrogen-bond donors (Lipinski definition) is 1. The molecule has 2 aromatic rings. The molecule has 1 N–H and O–H groups in total. The van der Waals surface area contributed by atoms with Gasteiger partial charge in [-0.1, -0.05) is 23.8 Å². The van der Waals surface area contributed by atoms with E-state index in [1.165, 1.54) is 5.56 Å². The fraction of sp³-hybridized carbons (Fsp3) is 0.333. The van der Waals surface area contributed by atoms with Crippen LogP contribution in [-0.4, -0.2) is 31.2 Å². The lowest BCUT2D eigenvalue weighted by Gasteiger charge is -2.28. The van der Waals surface area contributed by atoms with E-state index >= 15 is 0 Å². The molecule has 1 saturated heterocycles. The fourth-order valence-electron chi connectivity index (χ4n) is 2.77. The zero-order valence-electron chi connectivity index (χ0n) is 13.7. The van der Waals surface area contributed by atoms with Gasteiger partial charge in [-0.25, -0.2) is 0 Å². The number of aryl methyl sites for hydroxylation is 1. The summed E-state index contributed by atoms with van der Waals surface area (Å²) in [5, 5.41) is 14.8. The Hall–Kier alpha value is -2.60. The minimum absolute atomic E-state index is 0.153. The van der Waals surface area contributed by atoms with Crippen molar-refractivity contribution < 1.29 is 9.66 Å². The molecule has 2 aromatic carbocycles. The second kappa shape index (κ2) is 7.31. The number of nitrogens with one attached hydrogen (secondary N) is 1. The Balaban J connectivity index is 1.75. The second-order valence-electron chi connectivity index (χ2n) is 5.90. The average molecular weight is 327 g/mol. The highest BCUT2D eigenvalue weighted by Crippen LogP contribution is 2.30. The van der Waals surface area contributed by atoms with Crippen molar-refractivity contribution in [2.24, 2.45) is 0 Å². The molecule has 1 fully saturated rings. The number of nitro benzene ring substituents is 1. The van der Waals surface area contributed by atoms with E-state index in [-0.39, 0.29) is 10.6 Å². The van der Waals surface area contributed by atoms with Crippen molar-refractivity contribution in [2.75, 3.05) is 36.5 Å². The van der Waals surface area contributed by atoms with Gasteiger partial charge in [-0.2, -0.15) is 0 Å². The molecule has 126 valence electrons. The molecule has 0 radical (unpaired) electrons. The number of benzene rings is 2. The van der Waals surface area contributed by atoms with Gasteiger partial charge in [0.05, 0.1) is 18.1 Å². The van der Waals surface area contributed by atoms with Gasteiger partial charge in [0.2, 0.25) is 0 Å². The number of ether oxygens (including phenoxy) is 1. The van der Waals surface area contributed by atoms with Crippen molar-refractivity contribution in [3.63, 3.8) is 0 Å². The molecule has 6 nitrogen and oxygen atoms in total. The SMILES string of the molecule is Cc1ccc(NCc2ccc(N3CCOCC3)c([N+](=O)[O-])c2)cc1. The number of nitro groups is 1. The summed E-state index contributed by atoms with van der Waals surface area (Å²) in [5.41, 5.74) is 3.91. The van der Waals surface area contributed by atoms with Gasteiger partial charge >= 0.3 is 0 Å². The third-order valence-corrected chi connectivity index (χ3v) is 4.14. The molecule has 1 aliphatic rings. The van der Waals surface area contributed by atoms with Crippen LogP contribution in [0.15, 0.2) is 42.5 Å². The molecule has 24 heavy (non-hydrogen) atoms. The largest absolute Gasteiger partial charge is 0.381 e. The lowest BCUT2D eigenvalue weighted by atomic mass is 10.1. The quantitative estimate of drug-likeness (QED) is 0.674. The molecule has 0 aliphatic carbocycles. The van der Waals surface area contributed by atoms with Crippen molar-refractivity contribution in [1.82, 2.24) is 0 Å². The van der Waals surface area contributed by atoms with Crippen LogP contribution in [0.2, 0.25) is 0 Å². The van der Waals surface area contributed by atoms with E-state index < -0.39 is 0 Å². The van der Waals surface area contributed by atoms with E-state index in [4.69, 9.17) is 4.74 Å². The standard InChI is InChI=1S/C18H21N3O3/c1-14-2-5-16(6-3-14)19-13-15-4-7-17(18(12-15)21(22)23)20-8-10-24-11-9-20/h2-7,12,19H,8-11,13H2,1H3. The minimum atomic E-state index is -0.305. The fourth-order valence-corrected chi connectivity index (χ4v) is 2.77. The van der Waals surface area contributed by atoms with E-state index in [9.17, 15) is 10.1 Å². The summed E-state index contributed by atoms with van der Waals surface area (Å²) in [4.78, 5) is 13.2. The maximum Gasteiger partial charge on any atom is 0.292 e. The molecule has 1 aliphatic heterocycles. The van der Waals surface area contributed by atoms with Crippen LogP contribution < -0.4 is 10.2 Å². The smallest absolute Gasteiger partial charge is 0.292 e. The molecular weight excluding hydrogens is 306 g/mol.